The highest BCUT2D eigenvalue weighted by Gasteiger charge is 2.38. The number of hydrogen-bond donors (Lipinski definition) is 2. The van der Waals surface area contributed by atoms with E-state index in [0.29, 0.717) is 19.0 Å². The number of pyridine rings is 1. The average Bonchev–Trinajstić information content (AvgIpc) is 2.86. The van der Waals surface area contributed by atoms with Crippen molar-refractivity contribution >= 4 is 11.7 Å². The fraction of sp³-hybridized carbons (Fsp3) is 0.143. The fourth-order valence-corrected chi connectivity index (χ4v) is 4.06. The van der Waals surface area contributed by atoms with Crippen molar-refractivity contribution in [3.63, 3.8) is 0 Å². The average molecular weight is 476 g/mol. The summed E-state index contributed by atoms with van der Waals surface area (Å²) in [5.41, 5.74) is 0.521. The Morgan fingerprint density at radius 1 is 0.886 bits per heavy atom. The van der Waals surface area contributed by atoms with Gasteiger partial charge in [0, 0.05) is 25.2 Å². The topological polar surface area (TPSA) is 54.0 Å². The number of amides is 2. The van der Waals surface area contributed by atoms with Crippen LogP contribution in [-0.4, -0.2) is 11.0 Å². The van der Waals surface area contributed by atoms with Crippen LogP contribution in [0.2, 0.25) is 0 Å². The molecule has 4 nitrogen and oxygen atoms in total. The first-order valence-electron chi connectivity index (χ1n) is 11.1. The molecular weight excluding hydrogens is 451 g/mol. The summed E-state index contributed by atoms with van der Waals surface area (Å²) in [5.74, 6) is -4.44. The summed E-state index contributed by atoms with van der Waals surface area (Å²) in [7, 11) is 0. The lowest BCUT2D eigenvalue weighted by Crippen LogP contribution is -2.50. The zero-order chi connectivity index (χ0) is 24.9. The third-order valence-electron chi connectivity index (χ3n) is 5.70. The van der Waals surface area contributed by atoms with Crippen LogP contribution in [0.5, 0.6) is 0 Å². The number of anilines is 1. The van der Waals surface area contributed by atoms with Gasteiger partial charge in [0.1, 0.15) is 11.4 Å². The molecule has 1 aromatic heterocycles. The number of nitrogens with zero attached hydrogens (tertiary/aromatic N) is 1. The molecule has 0 aliphatic rings. The molecule has 0 spiro atoms. The number of benzene rings is 3. The Morgan fingerprint density at radius 3 is 2.17 bits per heavy atom. The van der Waals surface area contributed by atoms with Gasteiger partial charge in [-0.05, 0) is 41.5 Å². The maximum Gasteiger partial charge on any atom is 0.320 e. The highest BCUT2D eigenvalue weighted by molar-refractivity contribution is 5.90. The Labute approximate surface area is 201 Å². The molecule has 0 bridgehead atoms. The predicted octanol–water partition coefficient (Wildman–Crippen LogP) is 6.64. The molecule has 0 aliphatic carbocycles. The molecule has 1 unspecified atom stereocenters. The van der Waals surface area contributed by atoms with Gasteiger partial charge in [-0.3, -0.25) is 4.98 Å². The highest BCUT2D eigenvalue weighted by Crippen LogP contribution is 2.34. The molecule has 2 amide bonds. The molecule has 0 radical (unpaired) electrons. The Balaban J connectivity index is 1.75. The van der Waals surface area contributed by atoms with E-state index in [9.17, 15) is 18.0 Å². The van der Waals surface area contributed by atoms with Crippen molar-refractivity contribution in [1.29, 1.82) is 0 Å². The first-order valence-corrected chi connectivity index (χ1v) is 11.1. The number of aromatic nitrogens is 1. The summed E-state index contributed by atoms with van der Waals surface area (Å²) < 4.78 is 41.6. The molecule has 1 heterocycles. The number of halogens is 3. The largest absolute Gasteiger partial charge is 0.322 e. The lowest BCUT2D eigenvalue weighted by Gasteiger charge is -2.35. The summed E-state index contributed by atoms with van der Waals surface area (Å²) in [6.07, 6.45) is 2.02. The maximum absolute atomic E-state index is 13.9. The van der Waals surface area contributed by atoms with Crippen LogP contribution in [0.4, 0.5) is 23.7 Å². The van der Waals surface area contributed by atoms with Crippen LogP contribution in [0.15, 0.2) is 103 Å². The van der Waals surface area contributed by atoms with E-state index in [0.717, 1.165) is 23.3 Å². The molecule has 0 saturated heterocycles. The summed E-state index contributed by atoms with van der Waals surface area (Å²) in [6, 6.07) is 26.9. The zero-order valence-electron chi connectivity index (χ0n) is 19.0. The summed E-state index contributed by atoms with van der Waals surface area (Å²) in [6.45, 7) is 0.608. The van der Waals surface area contributed by atoms with Crippen LogP contribution in [0.1, 0.15) is 29.3 Å². The third kappa shape index (κ3) is 5.51. The smallest absolute Gasteiger partial charge is 0.320 e. The Hall–Kier alpha value is -4.13. The second-order valence-corrected chi connectivity index (χ2v) is 8.31. The van der Waals surface area contributed by atoms with E-state index in [1.807, 2.05) is 72.8 Å². The van der Waals surface area contributed by atoms with E-state index in [1.165, 1.54) is 6.07 Å². The fourth-order valence-electron chi connectivity index (χ4n) is 4.06. The van der Waals surface area contributed by atoms with Crippen LogP contribution < -0.4 is 10.6 Å². The lowest BCUT2D eigenvalue weighted by atomic mass is 9.80. The molecule has 35 heavy (non-hydrogen) atoms. The molecule has 0 aliphatic heterocycles. The second kappa shape index (κ2) is 10.0. The van der Waals surface area contributed by atoms with Crippen molar-refractivity contribution in [3.8, 4) is 0 Å². The summed E-state index contributed by atoms with van der Waals surface area (Å²) in [4.78, 5) is 17.8. The van der Waals surface area contributed by atoms with Crippen molar-refractivity contribution in [2.45, 2.75) is 24.8 Å². The standard InChI is InChI=1S/C28H24F3N3O/c1-27(30,31)23-18-22(15-16-24(23)29)33-26(35)34-28(21-12-6-3-7-13-21,25-14-8-9-17-32-25)19-20-10-4-2-5-11-20/h2-18H,19H2,1H3,(H2,33,34,35). The number of hydrogen-bond acceptors (Lipinski definition) is 2. The first-order chi connectivity index (χ1) is 16.8. The zero-order valence-corrected chi connectivity index (χ0v) is 19.0. The van der Waals surface area contributed by atoms with Crippen molar-refractivity contribution in [1.82, 2.24) is 10.3 Å². The third-order valence-corrected chi connectivity index (χ3v) is 5.70. The minimum Gasteiger partial charge on any atom is -0.322 e. The maximum atomic E-state index is 13.9. The van der Waals surface area contributed by atoms with Gasteiger partial charge in [0.05, 0.1) is 11.3 Å². The molecule has 3 aromatic carbocycles. The monoisotopic (exact) mass is 475 g/mol. The van der Waals surface area contributed by atoms with E-state index in [-0.39, 0.29) is 5.69 Å². The van der Waals surface area contributed by atoms with Gasteiger partial charge in [-0.25, -0.2) is 18.0 Å². The van der Waals surface area contributed by atoms with Crippen LogP contribution in [0.3, 0.4) is 0 Å². The van der Waals surface area contributed by atoms with Crippen LogP contribution >= 0.6 is 0 Å². The minimum atomic E-state index is -3.40. The number of nitrogens with one attached hydrogen (secondary N) is 2. The minimum absolute atomic E-state index is 0.0446. The van der Waals surface area contributed by atoms with Crippen LogP contribution in [0, 0.1) is 5.82 Å². The molecule has 4 aromatic rings. The lowest BCUT2D eigenvalue weighted by molar-refractivity contribution is 0.0138. The molecule has 0 fully saturated rings. The molecule has 1 atom stereocenters. The van der Waals surface area contributed by atoms with Crippen LogP contribution in [-0.2, 0) is 17.9 Å². The van der Waals surface area contributed by atoms with Crippen molar-refractivity contribution in [2.75, 3.05) is 5.32 Å². The van der Waals surface area contributed by atoms with E-state index >= 15 is 0 Å². The van der Waals surface area contributed by atoms with E-state index < -0.39 is 28.9 Å². The van der Waals surface area contributed by atoms with Gasteiger partial charge in [-0.15, -0.1) is 0 Å². The Bertz CT molecular complexity index is 1240. The van der Waals surface area contributed by atoms with Crippen molar-refractivity contribution < 1.29 is 18.0 Å². The number of carbonyl (C=O) groups is 1. The van der Waals surface area contributed by atoms with Gasteiger partial charge in [0.15, 0.2) is 0 Å². The first kappa shape index (κ1) is 24.0. The molecular formula is C28H24F3N3O. The van der Waals surface area contributed by atoms with Gasteiger partial charge in [-0.1, -0.05) is 66.7 Å². The van der Waals surface area contributed by atoms with Gasteiger partial charge in [-0.2, -0.15) is 0 Å². The summed E-state index contributed by atoms with van der Waals surface area (Å²) in [5, 5.41) is 5.62. The normalized spacial score (nSPS) is 13.0. The van der Waals surface area contributed by atoms with Crippen molar-refractivity contribution in [3.05, 3.63) is 131 Å². The quantitative estimate of drug-likeness (QED) is 0.315. The molecule has 0 saturated carbocycles. The Morgan fingerprint density at radius 2 is 1.54 bits per heavy atom. The molecule has 7 heteroatoms. The van der Waals surface area contributed by atoms with Crippen LogP contribution in [0.25, 0.3) is 0 Å². The number of rotatable bonds is 7. The highest BCUT2D eigenvalue weighted by atomic mass is 19.3. The van der Waals surface area contributed by atoms with E-state index in [2.05, 4.69) is 15.6 Å². The number of alkyl halides is 2. The van der Waals surface area contributed by atoms with Gasteiger partial charge in [0.25, 0.3) is 5.92 Å². The number of urea groups is 1. The molecule has 178 valence electrons. The Kier molecular flexibility index (Phi) is 6.87. The SMILES string of the molecule is CC(F)(F)c1cc(NC(=O)NC(Cc2ccccc2)(c2ccccc2)c2ccccn2)ccc1F. The molecule has 4 rings (SSSR count). The van der Waals surface area contributed by atoms with Gasteiger partial charge < -0.3 is 10.6 Å². The van der Waals surface area contributed by atoms with Crippen molar-refractivity contribution in [2.24, 2.45) is 0 Å². The summed E-state index contributed by atoms with van der Waals surface area (Å²) >= 11 is 0. The van der Waals surface area contributed by atoms with E-state index in [4.69, 9.17) is 0 Å². The second-order valence-electron chi connectivity index (χ2n) is 8.31. The van der Waals surface area contributed by atoms with E-state index in [1.54, 1.807) is 12.3 Å². The van der Waals surface area contributed by atoms with Gasteiger partial charge in [0.2, 0.25) is 0 Å². The number of carbonyl (C=O) groups excluding carboxylic acids is 1. The van der Waals surface area contributed by atoms with Gasteiger partial charge >= 0.3 is 6.03 Å². The predicted molar refractivity (Wildman–Crippen MR) is 130 cm³/mol. The molecule has 2 N–H and O–H groups in total.